The number of nitrogens with one attached hydrogen (secondary N) is 2. The van der Waals surface area contributed by atoms with Gasteiger partial charge in [-0.25, -0.2) is 11.4 Å². The number of hydrazone groups is 1. The maximum Gasteiger partial charge on any atom is 0.275 e. The standard InChI is InChI=1S/C30H40ClN7O2/c1-18(2)8-13-25(21-9-11-22(12-10-21)28(39)34-17-26(32)36-37-33)38-29(40)27(23-6-5-7-24(31)15-23)35-30(38)16-19(3)14-20(30)4/h5-7,9-12,15,18-20,25,37H,8,13-14,16-17,33H2,1-4H3,(H2,32,36)(H,34,39). The van der Waals surface area contributed by atoms with Gasteiger partial charge < -0.3 is 16.0 Å². The molecule has 1 fully saturated rings. The number of carbonyl (C=O) groups excluding carboxylic acids is 2. The third kappa shape index (κ3) is 6.15. The van der Waals surface area contributed by atoms with Crippen molar-refractivity contribution in [1.82, 2.24) is 15.8 Å². The first-order valence-corrected chi connectivity index (χ1v) is 14.3. The normalized spacial score (nSPS) is 23.6. The summed E-state index contributed by atoms with van der Waals surface area (Å²) in [6, 6.07) is 14.6. The second-order valence-corrected chi connectivity index (χ2v) is 11.9. The molecular formula is C30H40ClN7O2. The number of hydrogen-bond acceptors (Lipinski definition) is 6. The van der Waals surface area contributed by atoms with Crippen molar-refractivity contribution >= 4 is 35.0 Å². The third-order valence-electron chi connectivity index (χ3n) is 7.96. The number of hydrazine groups is 1. The second-order valence-electron chi connectivity index (χ2n) is 11.5. The van der Waals surface area contributed by atoms with Gasteiger partial charge in [0.25, 0.3) is 11.8 Å². The summed E-state index contributed by atoms with van der Waals surface area (Å²) in [5.41, 5.74) is 9.86. The maximum absolute atomic E-state index is 14.3. The van der Waals surface area contributed by atoms with Gasteiger partial charge in [-0.05, 0) is 67.3 Å². The van der Waals surface area contributed by atoms with Crippen LogP contribution in [0.25, 0.3) is 0 Å². The van der Waals surface area contributed by atoms with E-state index in [1.54, 1.807) is 18.2 Å². The Balaban J connectivity index is 1.70. The van der Waals surface area contributed by atoms with Crippen molar-refractivity contribution in [2.75, 3.05) is 6.54 Å². The van der Waals surface area contributed by atoms with Crippen LogP contribution in [-0.4, -0.2) is 40.5 Å². The van der Waals surface area contributed by atoms with Gasteiger partial charge in [0.05, 0.1) is 12.6 Å². The van der Waals surface area contributed by atoms with E-state index < -0.39 is 5.66 Å². The fourth-order valence-electron chi connectivity index (χ4n) is 6.09. The van der Waals surface area contributed by atoms with Crippen molar-refractivity contribution in [1.29, 1.82) is 0 Å². The van der Waals surface area contributed by atoms with Crippen LogP contribution in [0.1, 0.15) is 80.9 Å². The summed E-state index contributed by atoms with van der Waals surface area (Å²) in [6.45, 7) is 8.88. The molecule has 2 amide bonds. The summed E-state index contributed by atoms with van der Waals surface area (Å²) in [5, 5.41) is 6.95. The van der Waals surface area contributed by atoms with Crippen LogP contribution in [0.3, 0.4) is 0 Å². The number of aliphatic imine (C=N–C) groups is 1. The highest BCUT2D eigenvalue weighted by Gasteiger charge is 2.56. The SMILES string of the molecule is CC(C)CCC(c1ccc(C(=O)NCC(N)=NNN)cc1)N1C(=O)C(c2cccc(Cl)c2)=NC12CC(C)CC2C. The molecule has 40 heavy (non-hydrogen) atoms. The molecule has 9 nitrogen and oxygen atoms in total. The van der Waals surface area contributed by atoms with Gasteiger partial charge in [0, 0.05) is 22.1 Å². The zero-order valence-corrected chi connectivity index (χ0v) is 24.4. The molecule has 4 unspecified atom stereocenters. The molecule has 2 aromatic rings. The van der Waals surface area contributed by atoms with Gasteiger partial charge in [-0.3, -0.25) is 14.6 Å². The number of carbonyl (C=O) groups is 2. The predicted molar refractivity (Wildman–Crippen MR) is 160 cm³/mol. The fraction of sp³-hybridized carbons (Fsp3) is 0.467. The molecule has 0 radical (unpaired) electrons. The Hall–Kier alpha value is -3.43. The molecule has 10 heteroatoms. The molecule has 1 aliphatic carbocycles. The first-order valence-electron chi connectivity index (χ1n) is 13.9. The van der Waals surface area contributed by atoms with Crippen molar-refractivity contribution in [3.05, 3.63) is 70.2 Å². The van der Waals surface area contributed by atoms with Crippen LogP contribution < -0.4 is 22.4 Å². The van der Waals surface area contributed by atoms with Crippen molar-refractivity contribution < 1.29 is 9.59 Å². The minimum absolute atomic E-state index is 0.0618. The Morgan fingerprint density at radius 1 is 1.20 bits per heavy atom. The molecule has 214 valence electrons. The van der Waals surface area contributed by atoms with E-state index in [-0.39, 0.29) is 36.2 Å². The van der Waals surface area contributed by atoms with Crippen molar-refractivity contribution in [3.63, 3.8) is 0 Å². The molecule has 0 bridgehead atoms. The van der Waals surface area contributed by atoms with Crippen LogP contribution >= 0.6 is 11.6 Å². The lowest BCUT2D eigenvalue weighted by Crippen LogP contribution is -2.50. The van der Waals surface area contributed by atoms with Gasteiger partial charge in [-0.2, -0.15) is 5.10 Å². The second kappa shape index (κ2) is 12.4. The predicted octanol–water partition coefficient (Wildman–Crippen LogP) is 4.38. The van der Waals surface area contributed by atoms with Gasteiger partial charge in [0.15, 0.2) is 0 Å². The first-order chi connectivity index (χ1) is 19.1. The number of halogens is 1. The van der Waals surface area contributed by atoms with Crippen molar-refractivity contribution in [2.45, 2.75) is 65.1 Å². The van der Waals surface area contributed by atoms with Crippen LogP contribution in [0.15, 0.2) is 58.6 Å². The molecular weight excluding hydrogens is 526 g/mol. The molecule has 4 rings (SSSR count). The molecule has 4 atom stereocenters. The van der Waals surface area contributed by atoms with E-state index in [0.29, 0.717) is 28.1 Å². The van der Waals surface area contributed by atoms with Crippen LogP contribution in [0, 0.1) is 17.8 Å². The number of nitrogens with two attached hydrogens (primary N) is 2. The Morgan fingerprint density at radius 3 is 2.52 bits per heavy atom. The largest absolute Gasteiger partial charge is 0.384 e. The van der Waals surface area contributed by atoms with E-state index in [2.05, 4.69) is 43.6 Å². The number of benzene rings is 2. The molecule has 1 spiro atoms. The number of amidine groups is 1. The Kier molecular flexibility index (Phi) is 9.15. The maximum atomic E-state index is 14.3. The van der Waals surface area contributed by atoms with E-state index in [1.165, 1.54) is 0 Å². The Morgan fingerprint density at radius 2 is 1.93 bits per heavy atom. The van der Waals surface area contributed by atoms with Gasteiger partial charge in [0.2, 0.25) is 0 Å². The van der Waals surface area contributed by atoms with Crippen LogP contribution in [-0.2, 0) is 4.79 Å². The molecule has 1 heterocycles. The van der Waals surface area contributed by atoms with Gasteiger partial charge in [-0.15, -0.1) is 0 Å². The summed E-state index contributed by atoms with van der Waals surface area (Å²) in [4.78, 5) is 34.3. The van der Waals surface area contributed by atoms with E-state index in [4.69, 9.17) is 28.2 Å². The van der Waals surface area contributed by atoms with E-state index in [0.717, 1.165) is 36.8 Å². The van der Waals surface area contributed by atoms with Crippen molar-refractivity contribution in [2.24, 2.45) is 39.4 Å². The van der Waals surface area contributed by atoms with Gasteiger partial charge in [-0.1, -0.05) is 63.6 Å². The van der Waals surface area contributed by atoms with Crippen LogP contribution in [0.4, 0.5) is 0 Å². The summed E-state index contributed by atoms with van der Waals surface area (Å²) < 4.78 is 0. The monoisotopic (exact) mass is 565 g/mol. The number of amides is 2. The summed E-state index contributed by atoms with van der Waals surface area (Å²) in [5.74, 6) is 6.05. The lowest BCUT2D eigenvalue weighted by molar-refractivity contribution is -0.133. The molecule has 2 aliphatic rings. The quantitative estimate of drug-likeness (QED) is 0.147. The number of rotatable bonds is 10. The van der Waals surface area contributed by atoms with Gasteiger partial charge >= 0.3 is 0 Å². The van der Waals surface area contributed by atoms with Crippen LogP contribution in [0.5, 0.6) is 0 Å². The van der Waals surface area contributed by atoms with E-state index in [1.807, 2.05) is 35.2 Å². The molecule has 1 saturated carbocycles. The van der Waals surface area contributed by atoms with Gasteiger partial charge in [0.1, 0.15) is 17.2 Å². The minimum Gasteiger partial charge on any atom is -0.384 e. The fourth-order valence-corrected chi connectivity index (χ4v) is 6.28. The zero-order valence-electron chi connectivity index (χ0n) is 23.7. The van der Waals surface area contributed by atoms with Crippen LogP contribution in [0.2, 0.25) is 5.02 Å². The first kappa shape index (κ1) is 29.6. The summed E-state index contributed by atoms with van der Waals surface area (Å²) in [6.07, 6.45) is 3.54. The molecule has 2 aromatic carbocycles. The van der Waals surface area contributed by atoms with E-state index >= 15 is 0 Å². The summed E-state index contributed by atoms with van der Waals surface area (Å²) in [7, 11) is 0. The highest BCUT2D eigenvalue weighted by atomic mass is 35.5. The van der Waals surface area contributed by atoms with E-state index in [9.17, 15) is 9.59 Å². The molecule has 0 saturated heterocycles. The highest BCUT2D eigenvalue weighted by molar-refractivity contribution is 6.47. The summed E-state index contributed by atoms with van der Waals surface area (Å²) >= 11 is 6.31. The number of nitrogens with zero attached hydrogens (tertiary/aromatic N) is 3. The topological polar surface area (TPSA) is 138 Å². The molecule has 1 aliphatic heterocycles. The lowest BCUT2D eigenvalue weighted by Gasteiger charge is -2.42. The minimum atomic E-state index is -0.625. The Bertz CT molecular complexity index is 1290. The number of hydrogen-bond donors (Lipinski definition) is 4. The average molecular weight is 566 g/mol. The molecule has 6 N–H and O–H groups in total. The average Bonchev–Trinajstić information content (AvgIpc) is 3.36. The lowest BCUT2D eigenvalue weighted by atomic mass is 9.90. The highest BCUT2D eigenvalue weighted by Crippen LogP contribution is 2.51. The smallest absolute Gasteiger partial charge is 0.275 e. The zero-order chi connectivity index (χ0) is 29.0. The van der Waals surface area contributed by atoms with Crippen molar-refractivity contribution in [3.8, 4) is 0 Å². The third-order valence-corrected chi connectivity index (χ3v) is 8.20. The molecule has 0 aromatic heterocycles. The Labute approximate surface area is 241 Å².